The fraction of sp³-hybridized carbons (Fsp3) is 0.370. The number of piperidine rings is 1. The molecule has 5 heterocycles. The largest absolute Gasteiger partial charge is 0.459 e. The molecule has 1 saturated heterocycles. The number of rotatable bonds is 5. The van der Waals surface area contributed by atoms with E-state index < -0.39 is 0 Å². The van der Waals surface area contributed by atoms with Gasteiger partial charge in [-0.2, -0.15) is 9.78 Å². The van der Waals surface area contributed by atoms with E-state index >= 15 is 0 Å². The van der Waals surface area contributed by atoms with Crippen molar-refractivity contribution in [1.29, 1.82) is 0 Å². The predicted molar refractivity (Wildman–Crippen MR) is 133 cm³/mol. The smallest absolute Gasteiger partial charge is 0.287 e. The normalized spacial score (nSPS) is 16.4. The highest BCUT2D eigenvalue weighted by Crippen LogP contribution is 2.41. The van der Waals surface area contributed by atoms with E-state index in [-0.39, 0.29) is 17.9 Å². The number of carbonyl (C=O) groups excluding carboxylic acids is 2. The standard InChI is InChI=1S/C27H28N6O3/c1-16-10-14-36-24(16)26(34)29-19-8-12-32(13-9-19)27(35)20-15-21(18-6-7-18)30-25-23(20)17(2)31-33(25)22-5-3-4-11-28-22/h3-5,10-11,14-15,18-19H,6-9,12-13H2,1-2H3,(H,29,34). The summed E-state index contributed by atoms with van der Waals surface area (Å²) in [5.74, 6) is 1.20. The Labute approximate surface area is 208 Å². The SMILES string of the molecule is Cc1ccoc1C(=O)NC1CCN(C(=O)c2cc(C3CC3)nc3c2c(C)nn3-c2ccccn2)CC1. The zero-order valence-corrected chi connectivity index (χ0v) is 20.4. The van der Waals surface area contributed by atoms with Crippen molar-refractivity contribution in [1.82, 2.24) is 30.0 Å². The lowest BCUT2D eigenvalue weighted by Gasteiger charge is -2.32. The van der Waals surface area contributed by atoms with Crippen LogP contribution in [-0.4, -0.2) is 55.6 Å². The van der Waals surface area contributed by atoms with Gasteiger partial charge in [-0.1, -0.05) is 6.07 Å². The molecule has 1 saturated carbocycles. The summed E-state index contributed by atoms with van der Waals surface area (Å²) >= 11 is 0. The van der Waals surface area contributed by atoms with E-state index in [0.29, 0.717) is 54.6 Å². The third-order valence-corrected chi connectivity index (χ3v) is 7.11. The second-order valence-corrected chi connectivity index (χ2v) is 9.73. The molecule has 9 heteroatoms. The van der Waals surface area contributed by atoms with E-state index in [2.05, 4.69) is 10.3 Å². The number of carbonyl (C=O) groups is 2. The van der Waals surface area contributed by atoms with Crippen molar-refractivity contribution in [2.45, 2.75) is 51.5 Å². The molecule has 1 aliphatic heterocycles. The Bertz CT molecular complexity index is 1450. The van der Waals surface area contributed by atoms with E-state index in [0.717, 1.165) is 35.2 Å². The number of furan rings is 1. The van der Waals surface area contributed by atoms with Gasteiger partial charge in [0.1, 0.15) is 0 Å². The summed E-state index contributed by atoms with van der Waals surface area (Å²) in [6, 6.07) is 9.41. The quantitative estimate of drug-likeness (QED) is 0.460. The molecule has 4 aromatic rings. The maximum atomic E-state index is 13.8. The zero-order chi connectivity index (χ0) is 24.8. The van der Waals surface area contributed by atoms with E-state index in [1.165, 1.54) is 6.26 Å². The molecular weight excluding hydrogens is 456 g/mol. The minimum Gasteiger partial charge on any atom is -0.459 e. The Morgan fingerprint density at radius 1 is 1.08 bits per heavy atom. The van der Waals surface area contributed by atoms with Crippen LogP contribution in [0.25, 0.3) is 16.9 Å². The Morgan fingerprint density at radius 2 is 1.89 bits per heavy atom. The van der Waals surface area contributed by atoms with Gasteiger partial charge >= 0.3 is 0 Å². The molecule has 2 aliphatic rings. The number of likely N-dealkylation sites (tertiary alicyclic amines) is 1. The number of nitrogens with zero attached hydrogens (tertiary/aromatic N) is 5. The molecule has 6 rings (SSSR count). The third kappa shape index (κ3) is 4.04. The molecule has 1 aliphatic carbocycles. The lowest BCUT2D eigenvalue weighted by atomic mass is 10.0. The maximum Gasteiger partial charge on any atom is 0.287 e. The first-order valence-electron chi connectivity index (χ1n) is 12.5. The number of amides is 2. The Kier molecular flexibility index (Phi) is 5.55. The van der Waals surface area contributed by atoms with Crippen LogP contribution in [0.2, 0.25) is 0 Å². The van der Waals surface area contributed by atoms with Gasteiger partial charge in [0.15, 0.2) is 17.2 Å². The van der Waals surface area contributed by atoms with E-state index in [1.54, 1.807) is 16.9 Å². The van der Waals surface area contributed by atoms with Crippen LogP contribution in [0.1, 0.15) is 69.5 Å². The van der Waals surface area contributed by atoms with Gasteiger partial charge < -0.3 is 14.6 Å². The Hall–Kier alpha value is -4.01. The molecule has 184 valence electrons. The lowest BCUT2D eigenvalue weighted by Crippen LogP contribution is -2.46. The fourth-order valence-corrected chi connectivity index (χ4v) is 4.96. The summed E-state index contributed by atoms with van der Waals surface area (Å²) in [5, 5.41) is 8.54. The van der Waals surface area contributed by atoms with Gasteiger partial charge in [0.25, 0.3) is 11.8 Å². The fourth-order valence-electron chi connectivity index (χ4n) is 4.96. The second kappa shape index (κ2) is 8.89. The maximum absolute atomic E-state index is 13.8. The minimum absolute atomic E-state index is 0.000764. The summed E-state index contributed by atoms with van der Waals surface area (Å²) in [6.07, 6.45) is 6.80. The number of aromatic nitrogens is 4. The summed E-state index contributed by atoms with van der Waals surface area (Å²) < 4.78 is 7.05. The molecule has 36 heavy (non-hydrogen) atoms. The summed E-state index contributed by atoms with van der Waals surface area (Å²) in [4.78, 5) is 37.6. The van der Waals surface area contributed by atoms with Crippen LogP contribution in [0.15, 0.2) is 47.2 Å². The highest BCUT2D eigenvalue weighted by molar-refractivity contribution is 6.07. The van der Waals surface area contributed by atoms with Crippen LogP contribution < -0.4 is 5.32 Å². The molecule has 0 spiro atoms. The van der Waals surface area contributed by atoms with Crippen LogP contribution >= 0.6 is 0 Å². The molecule has 2 amide bonds. The van der Waals surface area contributed by atoms with Gasteiger partial charge in [-0.05, 0) is 63.8 Å². The first-order chi connectivity index (χ1) is 17.5. The Balaban J connectivity index is 1.26. The molecular formula is C27H28N6O3. The summed E-state index contributed by atoms with van der Waals surface area (Å²) in [6.45, 7) is 4.90. The van der Waals surface area contributed by atoms with Crippen molar-refractivity contribution >= 4 is 22.8 Å². The van der Waals surface area contributed by atoms with Crippen molar-refractivity contribution in [2.24, 2.45) is 0 Å². The van der Waals surface area contributed by atoms with Gasteiger partial charge in [-0.3, -0.25) is 9.59 Å². The van der Waals surface area contributed by atoms with Gasteiger partial charge in [0.2, 0.25) is 0 Å². The van der Waals surface area contributed by atoms with Crippen LogP contribution in [0.5, 0.6) is 0 Å². The lowest BCUT2D eigenvalue weighted by molar-refractivity contribution is 0.0697. The highest BCUT2D eigenvalue weighted by Gasteiger charge is 2.32. The van der Waals surface area contributed by atoms with Crippen molar-refractivity contribution in [3.63, 3.8) is 0 Å². The van der Waals surface area contributed by atoms with Gasteiger partial charge in [-0.15, -0.1) is 0 Å². The molecule has 9 nitrogen and oxygen atoms in total. The number of hydrogen-bond donors (Lipinski definition) is 1. The summed E-state index contributed by atoms with van der Waals surface area (Å²) in [5.41, 5.74) is 3.84. The van der Waals surface area contributed by atoms with Crippen LogP contribution in [-0.2, 0) is 0 Å². The molecule has 1 N–H and O–H groups in total. The number of aryl methyl sites for hydroxylation is 2. The molecule has 0 unspecified atom stereocenters. The average molecular weight is 485 g/mol. The van der Waals surface area contributed by atoms with Crippen LogP contribution in [0, 0.1) is 13.8 Å². The van der Waals surface area contributed by atoms with Crippen LogP contribution in [0.4, 0.5) is 0 Å². The van der Waals surface area contributed by atoms with Crippen molar-refractivity contribution in [3.8, 4) is 5.82 Å². The van der Waals surface area contributed by atoms with E-state index in [9.17, 15) is 9.59 Å². The van der Waals surface area contributed by atoms with Gasteiger partial charge in [0.05, 0.1) is 22.9 Å². The second-order valence-electron chi connectivity index (χ2n) is 9.73. The van der Waals surface area contributed by atoms with Gasteiger partial charge in [0, 0.05) is 42.5 Å². The molecule has 4 aromatic heterocycles. The Morgan fingerprint density at radius 3 is 2.56 bits per heavy atom. The molecule has 0 bridgehead atoms. The van der Waals surface area contributed by atoms with E-state index in [1.807, 2.05) is 43.0 Å². The molecule has 0 atom stereocenters. The number of hydrogen-bond acceptors (Lipinski definition) is 6. The zero-order valence-electron chi connectivity index (χ0n) is 20.4. The van der Waals surface area contributed by atoms with Crippen molar-refractivity contribution in [2.75, 3.05) is 13.1 Å². The number of pyridine rings is 2. The van der Waals surface area contributed by atoms with Crippen LogP contribution in [0.3, 0.4) is 0 Å². The molecule has 0 aromatic carbocycles. The topological polar surface area (TPSA) is 106 Å². The average Bonchev–Trinajstić information content (AvgIpc) is 3.58. The number of fused-ring (bicyclic) bond motifs is 1. The monoisotopic (exact) mass is 484 g/mol. The third-order valence-electron chi connectivity index (χ3n) is 7.11. The molecule has 0 radical (unpaired) electrons. The summed E-state index contributed by atoms with van der Waals surface area (Å²) in [7, 11) is 0. The highest BCUT2D eigenvalue weighted by atomic mass is 16.3. The van der Waals surface area contributed by atoms with E-state index in [4.69, 9.17) is 14.5 Å². The first kappa shape index (κ1) is 22.5. The van der Waals surface area contributed by atoms with Crippen molar-refractivity contribution in [3.05, 3.63) is 71.1 Å². The van der Waals surface area contributed by atoms with Gasteiger partial charge in [-0.25, -0.2) is 9.97 Å². The molecule has 2 fully saturated rings. The minimum atomic E-state index is -0.204. The first-order valence-corrected chi connectivity index (χ1v) is 12.5. The van der Waals surface area contributed by atoms with Crippen molar-refractivity contribution < 1.29 is 14.0 Å². The number of nitrogens with one attached hydrogen (secondary N) is 1. The predicted octanol–water partition coefficient (Wildman–Crippen LogP) is 3.94.